The summed E-state index contributed by atoms with van der Waals surface area (Å²) in [4.78, 5) is 0. The standard InChI is InChI=1S/C37H40F6O3/c1-3-5-30(44)29-17-15-26(33(39)36(29)42)23-10-12-24(13-11-23)46-20-21-6-8-22(9-7-21)25-14-16-27(34(40)32(25)38)28-18-19-31(45-4-2)37(43)35(28)41/h10,14-19,21-22,24,30,44H,3-9,11-13,20H2,1-2H3. The van der Waals surface area contributed by atoms with Crippen LogP contribution in [0.4, 0.5) is 26.3 Å². The van der Waals surface area contributed by atoms with Gasteiger partial charge in [-0.15, -0.1) is 0 Å². The first-order valence-electron chi connectivity index (χ1n) is 16.2. The van der Waals surface area contributed by atoms with Crippen molar-refractivity contribution in [1.29, 1.82) is 0 Å². The molecule has 3 nitrogen and oxygen atoms in total. The molecule has 0 heterocycles. The fourth-order valence-electron chi connectivity index (χ4n) is 6.71. The van der Waals surface area contributed by atoms with E-state index in [0.29, 0.717) is 51.6 Å². The van der Waals surface area contributed by atoms with Crippen molar-refractivity contribution in [2.75, 3.05) is 13.2 Å². The molecule has 0 spiro atoms. The predicted octanol–water partition coefficient (Wildman–Crippen LogP) is 10.3. The minimum atomic E-state index is -1.29. The number of ether oxygens (including phenoxy) is 2. The Morgan fingerprint density at radius 2 is 1.39 bits per heavy atom. The maximum absolute atomic E-state index is 15.2. The van der Waals surface area contributed by atoms with Crippen LogP contribution < -0.4 is 4.74 Å². The summed E-state index contributed by atoms with van der Waals surface area (Å²) in [6.45, 7) is 4.15. The molecule has 1 saturated carbocycles. The van der Waals surface area contributed by atoms with Gasteiger partial charge in [0.2, 0.25) is 5.82 Å². The van der Waals surface area contributed by atoms with Crippen molar-refractivity contribution < 1.29 is 40.9 Å². The number of hydrogen-bond donors (Lipinski definition) is 1. The number of benzene rings is 3. The van der Waals surface area contributed by atoms with Gasteiger partial charge in [-0.3, -0.25) is 0 Å². The van der Waals surface area contributed by atoms with Crippen molar-refractivity contribution in [3.8, 4) is 16.9 Å². The molecule has 0 radical (unpaired) electrons. The molecule has 0 amide bonds. The third-order valence-corrected chi connectivity index (χ3v) is 9.35. The van der Waals surface area contributed by atoms with E-state index in [4.69, 9.17) is 9.47 Å². The lowest BCUT2D eigenvalue weighted by molar-refractivity contribution is 0.0157. The van der Waals surface area contributed by atoms with Gasteiger partial charge in [0.1, 0.15) is 0 Å². The Balaban J connectivity index is 1.14. The molecule has 5 rings (SSSR count). The van der Waals surface area contributed by atoms with E-state index in [2.05, 4.69) is 0 Å². The van der Waals surface area contributed by atoms with Crippen molar-refractivity contribution in [3.63, 3.8) is 0 Å². The molecule has 3 aromatic rings. The highest BCUT2D eigenvalue weighted by atomic mass is 19.2. The molecular weight excluding hydrogens is 606 g/mol. The average molecular weight is 647 g/mol. The van der Waals surface area contributed by atoms with Crippen molar-refractivity contribution >= 4 is 5.57 Å². The Bertz CT molecular complexity index is 1560. The maximum Gasteiger partial charge on any atom is 0.201 e. The molecule has 0 saturated heterocycles. The Morgan fingerprint density at radius 1 is 0.739 bits per heavy atom. The molecule has 0 aliphatic heterocycles. The fourth-order valence-corrected chi connectivity index (χ4v) is 6.71. The smallest absolute Gasteiger partial charge is 0.201 e. The zero-order valence-electron chi connectivity index (χ0n) is 26.2. The van der Waals surface area contributed by atoms with E-state index in [1.54, 1.807) is 13.0 Å². The van der Waals surface area contributed by atoms with Gasteiger partial charge in [-0.2, -0.15) is 4.39 Å². The Hall–Kier alpha value is -3.30. The predicted molar refractivity (Wildman–Crippen MR) is 165 cm³/mol. The fraction of sp³-hybridized carbons (Fsp3) is 0.459. The van der Waals surface area contributed by atoms with Crippen molar-refractivity contribution in [2.24, 2.45) is 5.92 Å². The average Bonchev–Trinajstić information content (AvgIpc) is 3.06. The molecule has 1 fully saturated rings. The van der Waals surface area contributed by atoms with Crippen LogP contribution in [0, 0.1) is 40.8 Å². The van der Waals surface area contributed by atoms with E-state index in [1.165, 1.54) is 30.3 Å². The van der Waals surface area contributed by atoms with E-state index in [0.717, 1.165) is 18.4 Å². The zero-order valence-corrected chi connectivity index (χ0v) is 26.2. The molecule has 2 aliphatic rings. The number of halogens is 6. The largest absolute Gasteiger partial charge is 0.491 e. The second-order valence-corrected chi connectivity index (χ2v) is 12.3. The Kier molecular flexibility index (Phi) is 11.2. The van der Waals surface area contributed by atoms with E-state index >= 15 is 8.78 Å². The highest BCUT2D eigenvalue weighted by Crippen LogP contribution is 2.41. The van der Waals surface area contributed by atoms with Gasteiger partial charge in [-0.25, -0.2) is 22.0 Å². The molecule has 46 heavy (non-hydrogen) atoms. The lowest BCUT2D eigenvalue weighted by Crippen LogP contribution is -2.23. The van der Waals surface area contributed by atoms with Crippen LogP contribution in [0.5, 0.6) is 5.75 Å². The number of hydrogen-bond acceptors (Lipinski definition) is 3. The quantitative estimate of drug-likeness (QED) is 0.211. The summed E-state index contributed by atoms with van der Waals surface area (Å²) in [5, 5.41) is 10.1. The summed E-state index contributed by atoms with van der Waals surface area (Å²) in [6.07, 6.45) is 6.40. The van der Waals surface area contributed by atoms with Crippen LogP contribution in [0.15, 0.2) is 42.5 Å². The van der Waals surface area contributed by atoms with Gasteiger partial charge in [0.15, 0.2) is 34.8 Å². The molecule has 0 aromatic heterocycles. The van der Waals surface area contributed by atoms with Gasteiger partial charge >= 0.3 is 0 Å². The summed E-state index contributed by atoms with van der Waals surface area (Å²) < 4.78 is 100. The molecule has 0 bridgehead atoms. The zero-order chi connectivity index (χ0) is 33.0. The minimum absolute atomic E-state index is 0.0173. The first kappa shape index (κ1) is 34.0. The van der Waals surface area contributed by atoms with Crippen molar-refractivity contribution in [1.82, 2.24) is 0 Å². The molecule has 9 heteroatoms. The van der Waals surface area contributed by atoms with Crippen LogP contribution in [0.25, 0.3) is 16.7 Å². The van der Waals surface area contributed by atoms with Gasteiger partial charge in [0.25, 0.3) is 0 Å². The second kappa shape index (κ2) is 15.1. The third-order valence-electron chi connectivity index (χ3n) is 9.35. The Morgan fingerprint density at radius 3 is 2.04 bits per heavy atom. The summed E-state index contributed by atoms with van der Waals surface area (Å²) in [5.74, 6) is -6.95. The van der Waals surface area contributed by atoms with Crippen LogP contribution in [0.2, 0.25) is 0 Å². The lowest BCUT2D eigenvalue weighted by Gasteiger charge is -2.31. The van der Waals surface area contributed by atoms with E-state index in [-0.39, 0.29) is 58.1 Å². The highest BCUT2D eigenvalue weighted by molar-refractivity contribution is 5.68. The molecule has 2 aliphatic carbocycles. The highest BCUT2D eigenvalue weighted by Gasteiger charge is 2.29. The first-order chi connectivity index (χ1) is 22.1. The van der Waals surface area contributed by atoms with Crippen LogP contribution in [-0.2, 0) is 4.74 Å². The summed E-state index contributed by atoms with van der Waals surface area (Å²) in [5.41, 5.74) is 0.444. The maximum atomic E-state index is 15.2. The number of allylic oxidation sites excluding steroid dienone is 1. The lowest BCUT2D eigenvalue weighted by atomic mass is 9.78. The van der Waals surface area contributed by atoms with E-state index in [9.17, 15) is 22.7 Å². The molecule has 1 N–H and O–H groups in total. The molecular formula is C37H40F6O3. The number of aliphatic hydroxyl groups excluding tert-OH is 1. The van der Waals surface area contributed by atoms with Crippen LogP contribution in [-0.4, -0.2) is 24.4 Å². The van der Waals surface area contributed by atoms with Gasteiger partial charge in [-0.05, 0) is 93.4 Å². The molecule has 2 unspecified atom stereocenters. The minimum Gasteiger partial charge on any atom is -0.491 e. The third kappa shape index (κ3) is 7.15. The van der Waals surface area contributed by atoms with E-state index < -0.39 is 41.0 Å². The monoisotopic (exact) mass is 646 g/mol. The summed E-state index contributed by atoms with van der Waals surface area (Å²) in [6, 6.07) is 8.16. The molecule has 248 valence electrons. The molecule has 3 aromatic carbocycles. The van der Waals surface area contributed by atoms with Gasteiger partial charge in [0.05, 0.1) is 18.8 Å². The van der Waals surface area contributed by atoms with Gasteiger partial charge < -0.3 is 14.6 Å². The van der Waals surface area contributed by atoms with Crippen molar-refractivity contribution in [3.05, 3.63) is 94.1 Å². The van der Waals surface area contributed by atoms with Crippen molar-refractivity contribution in [2.45, 2.75) is 89.8 Å². The normalized spacial score (nSPS) is 20.8. The molecule has 2 atom stereocenters. The second-order valence-electron chi connectivity index (χ2n) is 12.3. The summed E-state index contributed by atoms with van der Waals surface area (Å²) >= 11 is 0. The summed E-state index contributed by atoms with van der Waals surface area (Å²) in [7, 11) is 0. The Labute approximate surface area is 266 Å². The topological polar surface area (TPSA) is 38.7 Å². The van der Waals surface area contributed by atoms with Gasteiger partial charge in [-0.1, -0.05) is 43.7 Å². The first-order valence-corrected chi connectivity index (χ1v) is 16.2. The van der Waals surface area contributed by atoms with Crippen LogP contribution in [0.3, 0.4) is 0 Å². The van der Waals surface area contributed by atoms with Gasteiger partial charge in [0, 0.05) is 28.9 Å². The van der Waals surface area contributed by atoms with E-state index in [1.807, 2.05) is 13.0 Å². The number of aliphatic hydroxyl groups is 1. The number of rotatable bonds is 11. The SMILES string of the molecule is CCCC(O)c1ccc(C2=CCC(OCC3CCC(c4ccc(-c5ccc(OCC)c(F)c5F)c(F)c4F)CC3)CC2)c(F)c1F. The van der Waals surface area contributed by atoms with Crippen LogP contribution in [0.1, 0.15) is 100 Å². The van der Waals surface area contributed by atoms with Crippen LogP contribution >= 0.6 is 0 Å².